The van der Waals surface area contributed by atoms with Gasteiger partial charge in [-0.05, 0) is 39.0 Å². The highest BCUT2D eigenvalue weighted by atomic mass is 16.6. The minimum atomic E-state index is -0.651. The quantitative estimate of drug-likeness (QED) is 0.681. The second-order valence-corrected chi connectivity index (χ2v) is 5.19. The number of esters is 1. The second-order valence-electron chi connectivity index (χ2n) is 5.19. The van der Waals surface area contributed by atoms with Crippen molar-refractivity contribution in [2.45, 2.75) is 26.9 Å². The molecule has 1 aromatic carbocycles. The summed E-state index contributed by atoms with van der Waals surface area (Å²) >= 11 is 0. The van der Waals surface area contributed by atoms with E-state index in [0.29, 0.717) is 23.0 Å². The van der Waals surface area contributed by atoms with E-state index in [4.69, 9.17) is 13.6 Å². The fraction of sp³-hybridized carbons (Fsp3) is 0.235. The third-order valence-corrected chi connectivity index (χ3v) is 3.35. The topological polar surface area (TPSA) is 78.4 Å². The SMILES string of the molecule is Cc1cc(C(=O)O[C@H](C)c2nnc(-c3ccccc3)o2)c(C)o1. The number of ether oxygens (including phenoxy) is 1. The molecule has 0 bridgehead atoms. The number of hydrogen-bond donors (Lipinski definition) is 0. The second kappa shape index (κ2) is 6.08. The van der Waals surface area contributed by atoms with Crippen molar-refractivity contribution in [3.8, 4) is 11.5 Å². The molecule has 3 rings (SSSR count). The molecule has 0 amide bonds. The first-order valence-corrected chi connectivity index (χ1v) is 7.21. The molecule has 0 aliphatic carbocycles. The van der Waals surface area contributed by atoms with Gasteiger partial charge >= 0.3 is 5.97 Å². The van der Waals surface area contributed by atoms with E-state index in [1.165, 1.54) is 0 Å². The van der Waals surface area contributed by atoms with E-state index in [0.717, 1.165) is 5.56 Å². The Bertz CT molecular complexity index is 820. The van der Waals surface area contributed by atoms with Crippen LogP contribution in [0.3, 0.4) is 0 Å². The summed E-state index contributed by atoms with van der Waals surface area (Å²) in [6, 6.07) is 11.0. The Morgan fingerprint density at radius 3 is 2.52 bits per heavy atom. The largest absolute Gasteiger partial charge is 0.466 e. The Balaban J connectivity index is 1.74. The van der Waals surface area contributed by atoms with Crippen LogP contribution in [-0.2, 0) is 4.74 Å². The maximum atomic E-state index is 12.2. The van der Waals surface area contributed by atoms with Crippen molar-refractivity contribution in [1.82, 2.24) is 10.2 Å². The molecule has 2 aromatic heterocycles. The third kappa shape index (κ3) is 3.15. The Kier molecular flexibility index (Phi) is 3.97. The number of nitrogens with zero attached hydrogens (tertiary/aromatic N) is 2. The highest BCUT2D eigenvalue weighted by Crippen LogP contribution is 2.24. The lowest BCUT2D eigenvalue weighted by atomic mass is 10.2. The normalized spacial score (nSPS) is 12.1. The van der Waals surface area contributed by atoms with Gasteiger partial charge in [0, 0.05) is 5.56 Å². The summed E-state index contributed by atoms with van der Waals surface area (Å²) in [5, 5.41) is 7.93. The zero-order valence-corrected chi connectivity index (χ0v) is 13.1. The minimum Gasteiger partial charge on any atom is -0.466 e. The van der Waals surface area contributed by atoms with Gasteiger partial charge in [0.1, 0.15) is 17.1 Å². The van der Waals surface area contributed by atoms with E-state index >= 15 is 0 Å². The lowest BCUT2D eigenvalue weighted by Crippen LogP contribution is -2.09. The molecular weight excluding hydrogens is 296 g/mol. The zero-order valence-electron chi connectivity index (χ0n) is 13.1. The molecule has 0 aliphatic rings. The molecule has 0 saturated heterocycles. The van der Waals surface area contributed by atoms with Crippen molar-refractivity contribution in [1.29, 1.82) is 0 Å². The van der Waals surface area contributed by atoms with Crippen LogP contribution in [-0.4, -0.2) is 16.2 Å². The third-order valence-electron chi connectivity index (χ3n) is 3.35. The van der Waals surface area contributed by atoms with E-state index < -0.39 is 12.1 Å². The molecule has 1 atom stereocenters. The summed E-state index contributed by atoms with van der Waals surface area (Å²) in [5.41, 5.74) is 1.21. The molecule has 6 nitrogen and oxygen atoms in total. The van der Waals surface area contributed by atoms with Crippen LogP contribution in [0.25, 0.3) is 11.5 Å². The Labute approximate surface area is 133 Å². The van der Waals surface area contributed by atoms with Crippen LogP contribution < -0.4 is 0 Å². The van der Waals surface area contributed by atoms with Crippen LogP contribution in [0, 0.1) is 13.8 Å². The highest BCUT2D eigenvalue weighted by molar-refractivity contribution is 5.90. The number of benzene rings is 1. The monoisotopic (exact) mass is 312 g/mol. The summed E-state index contributed by atoms with van der Waals surface area (Å²) in [6.45, 7) is 5.17. The molecule has 0 radical (unpaired) electrons. The Hall–Kier alpha value is -2.89. The molecule has 23 heavy (non-hydrogen) atoms. The molecule has 0 saturated carbocycles. The molecule has 0 fully saturated rings. The average molecular weight is 312 g/mol. The smallest absolute Gasteiger partial charge is 0.342 e. The van der Waals surface area contributed by atoms with Crippen molar-refractivity contribution < 1.29 is 18.4 Å². The molecule has 0 unspecified atom stereocenters. The van der Waals surface area contributed by atoms with Gasteiger partial charge in [-0.1, -0.05) is 18.2 Å². The molecule has 2 heterocycles. The molecule has 0 spiro atoms. The van der Waals surface area contributed by atoms with Crippen LogP contribution in [0.4, 0.5) is 0 Å². The Morgan fingerprint density at radius 1 is 1.13 bits per heavy atom. The van der Waals surface area contributed by atoms with E-state index in [1.54, 1.807) is 26.8 Å². The van der Waals surface area contributed by atoms with E-state index in [2.05, 4.69) is 10.2 Å². The van der Waals surface area contributed by atoms with Gasteiger partial charge in [0.05, 0.1) is 0 Å². The predicted molar refractivity (Wildman–Crippen MR) is 81.7 cm³/mol. The number of hydrogen-bond acceptors (Lipinski definition) is 6. The number of aryl methyl sites for hydroxylation is 2. The fourth-order valence-electron chi connectivity index (χ4n) is 2.20. The molecular formula is C17H16N2O4. The summed E-state index contributed by atoms with van der Waals surface area (Å²) in [6.07, 6.45) is -0.651. The molecule has 3 aromatic rings. The molecule has 0 N–H and O–H groups in total. The van der Waals surface area contributed by atoms with Crippen molar-refractivity contribution in [3.63, 3.8) is 0 Å². The van der Waals surface area contributed by atoms with Crippen molar-refractivity contribution >= 4 is 5.97 Å². The number of rotatable bonds is 4. The Morgan fingerprint density at radius 2 is 1.87 bits per heavy atom. The molecule has 0 aliphatic heterocycles. The first-order valence-electron chi connectivity index (χ1n) is 7.21. The zero-order chi connectivity index (χ0) is 16.4. The minimum absolute atomic E-state index is 0.245. The van der Waals surface area contributed by atoms with E-state index in [-0.39, 0.29) is 5.89 Å². The maximum absolute atomic E-state index is 12.2. The lowest BCUT2D eigenvalue weighted by molar-refractivity contribution is 0.0278. The standard InChI is InChI=1S/C17H16N2O4/c1-10-9-14(11(2)21-10)17(20)22-12(3)15-18-19-16(23-15)13-7-5-4-6-8-13/h4-9,12H,1-3H3/t12-/m1/s1. The highest BCUT2D eigenvalue weighted by Gasteiger charge is 2.22. The van der Waals surface area contributed by atoms with Gasteiger partial charge in [-0.2, -0.15) is 0 Å². The van der Waals surface area contributed by atoms with Gasteiger partial charge < -0.3 is 13.6 Å². The first-order chi connectivity index (χ1) is 11.0. The summed E-state index contributed by atoms with van der Waals surface area (Å²) in [7, 11) is 0. The maximum Gasteiger partial charge on any atom is 0.342 e. The van der Waals surface area contributed by atoms with Gasteiger partial charge in [0.15, 0.2) is 6.10 Å². The van der Waals surface area contributed by atoms with Crippen molar-refractivity contribution in [2.75, 3.05) is 0 Å². The van der Waals surface area contributed by atoms with Gasteiger partial charge in [-0.25, -0.2) is 4.79 Å². The summed E-state index contributed by atoms with van der Waals surface area (Å²) < 4.78 is 16.3. The van der Waals surface area contributed by atoms with Gasteiger partial charge in [0.2, 0.25) is 5.89 Å². The van der Waals surface area contributed by atoms with Crippen LogP contribution in [0.2, 0.25) is 0 Å². The lowest BCUT2D eigenvalue weighted by Gasteiger charge is -2.08. The number of furan rings is 1. The van der Waals surface area contributed by atoms with Crippen LogP contribution in [0.1, 0.15) is 40.8 Å². The number of aromatic nitrogens is 2. The van der Waals surface area contributed by atoms with Gasteiger partial charge in [-0.3, -0.25) is 0 Å². The number of carbonyl (C=O) groups excluding carboxylic acids is 1. The molecule has 6 heteroatoms. The van der Waals surface area contributed by atoms with Crippen molar-refractivity contribution in [2.24, 2.45) is 0 Å². The number of carbonyl (C=O) groups is 1. The summed E-state index contributed by atoms with van der Waals surface area (Å²) in [4.78, 5) is 12.2. The van der Waals surface area contributed by atoms with Crippen LogP contribution in [0.5, 0.6) is 0 Å². The van der Waals surface area contributed by atoms with Gasteiger partial charge in [-0.15, -0.1) is 10.2 Å². The van der Waals surface area contributed by atoms with E-state index in [9.17, 15) is 4.79 Å². The molecule has 118 valence electrons. The summed E-state index contributed by atoms with van der Waals surface area (Å²) in [5.74, 6) is 1.33. The van der Waals surface area contributed by atoms with Crippen LogP contribution >= 0.6 is 0 Å². The first kappa shape index (κ1) is 15.0. The average Bonchev–Trinajstić information content (AvgIpc) is 3.15. The van der Waals surface area contributed by atoms with Crippen molar-refractivity contribution in [3.05, 3.63) is 59.4 Å². The van der Waals surface area contributed by atoms with Gasteiger partial charge in [0.25, 0.3) is 5.89 Å². The van der Waals surface area contributed by atoms with Crippen LogP contribution in [0.15, 0.2) is 45.2 Å². The predicted octanol–water partition coefficient (Wildman–Crippen LogP) is 3.86. The van der Waals surface area contributed by atoms with E-state index in [1.807, 2.05) is 30.3 Å². The fourth-order valence-corrected chi connectivity index (χ4v) is 2.20.